The molecule has 2 heteroatoms. The van der Waals surface area contributed by atoms with Crippen LogP contribution in [-0.2, 0) is 12.3 Å². The van der Waals surface area contributed by atoms with Gasteiger partial charge in [-0.2, -0.15) is 0 Å². The van der Waals surface area contributed by atoms with Gasteiger partial charge in [0.15, 0.2) is 0 Å². The molecule has 0 heterocycles. The van der Waals surface area contributed by atoms with Crippen LogP contribution in [0.3, 0.4) is 0 Å². The Hall–Kier alpha value is -0.273. The molecule has 1 aromatic carbocycles. The van der Waals surface area contributed by atoms with Gasteiger partial charge in [0.05, 0.1) is 8.07 Å². The molecule has 17 heavy (non-hydrogen) atoms. The van der Waals surface area contributed by atoms with Crippen molar-refractivity contribution in [1.29, 1.82) is 0 Å². The quantitative estimate of drug-likeness (QED) is 0.501. The van der Waals surface area contributed by atoms with E-state index in [9.17, 15) is 0 Å². The van der Waals surface area contributed by atoms with Crippen molar-refractivity contribution in [2.45, 2.75) is 57.2 Å². The van der Waals surface area contributed by atoms with Crippen molar-refractivity contribution in [2.24, 2.45) is 0 Å². The molecular weight excluding hydrogens is 244 g/mol. The van der Waals surface area contributed by atoms with Gasteiger partial charge >= 0.3 is 0 Å². The second-order valence-electron chi connectivity index (χ2n) is 6.58. The second kappa shape index (κ2) is 5.58. The summed E-state index contributed by atoms with van der Waals surface area (Å²) in [4.78, 5) is 0. The van der Waals surface area contributed by atoms with E-state index < -0.39 is 8.07 Å². The molecule has 1 rings (SSSR count). The standard InChI is InChI=1S/C15H25ClSi/c1-15(2,3)17(4,5)11-10-13-6-8-14(12-16)9-7-13/h6-9H,10-12H2,1-5H3. The summed E-state index contributed by atoms with van der Waals surface area (Å²) >= 11 is 5.80. The Morgan fingerprint density at radius 2 is 1.47 bits per heavy atom. The van der Waals surface area contributed by atoms with Crippen LogP contribution in [0.4, 0.5) is 0 Å². The van der Waals surface area contributed by atoms with Crippen molar-refractivity contribution in [2.75, 3.05) is 0 Å². The van der Waals surface area contributed by atoms with E-state index in [4.69, 9.17) is 11.6 Å². The van der Waals surface area contributed by atoms with E-state index in [1.54, 1.807) is 0 Å². The van der Waals surface area contributed by atoms with Crippen LogP contribution in [-0.4, -0.2) is 8.07 Å². The summed E-state index contributed by atoms with van der Waals surface area (Å²) in [5.41, 5.74) is 2.66. The lowest BCUT2D eigenvalue weighted by atomic mass is 10.1. The minimum absolute atomic E-state index is 0.489. The maximum Gasteiger partial charge on any atom is 0.0530 e. The highest BCUT2D eigenvalue weighted by atomic mass is 35.5. The lowest BCUT2D eigenvalue weighted by molar-refractivity contribution is 0.711. The zero-order valence-corrected chi connectivity index (χ0v) is 13.6. The molecule has 0 bridgehead atoms. The molecule has 0 spiro atoms. The van der Waals surface area contributed by atoms with E-state index in [1.165, 1.54) is 23.6 Å². The molecule has 0 atom stereocenters. The largest absolute Gasteiger partial charge is 0.122 e. The van der Waals surface area contributed by atoms with Crippen LogP contribution in [0.1, 0.15) is 31.9 Å². The fourth-order valence-electron chi connectivity index (χ4n) is 1.63. The smallest absolute Gasteiger partial charge is 0.0530 e. The minimum Gasteiger partial charge on any atom is -0.122 e. The van der Waals surface area contributed by atoms with Gasteiger partial charge in [-0.3, -0.25) is 0 Å². The Bertz CT molecular complexity index is 346. The topological polar surface area (TPSA) is 0 Å². The van der Waals surface area contributed by atoms with Gasteiger partial charge in [-0.15, -0.1) is 11.6 Å². The monoisotopic (exact) mass is 268 g/mol. The average Bonchev–Trinajstić information content (AvgIpc) is 2.25. The molecule has 96 valence electrons. The Labute approximate surface area is 112 Å². The van der Waals surface area contributed by atoms with Crippen LogP contribution >= 0.6 is 11.6 Å². The molecule has 0 aliphatic rings. The van der Waals surface area contributed by atoms with Crippen molar-refractivity contribution >= 4 is 19.7 Å². The summed E-state index contributed by atoms with van der Waals surface area (Å²) in [6.45, 7) is 12.2. The van der Waals surface area contributed by atoms with E-state index in [-0.39, 0.29) is 0 Å². The SMILES string of the molecule is CC(C)(C)[Si](C)(C)CCc1ccc(CCl)cc1. The first-order valence-electron chi connectivity index (χ1n) is 6.40. The highest BCUT2D eigenvalue weighted by molar-refractivity contribution is 6.80. The van der Waals surface area contributed by atoms with Gasteiger partial charge in [-0.25, -0.2) is 0 Å². The molecule has 1 aromatic rings. The lowest BCUT2D eigenvalue weighted by Crippen LogP contribution is -2.37. The summed E-state index contributed by atoms with van der Waals surface area (Å²) in [6.07, 6.45) is 1.21. The summed E-state index contributed by atoms with van der Waals surface area (Å²) in [6, 6.07) is 10.1. The summed E-state index contributed by atoms with van der Waals surface area (Å²) < 4.78 is 0. The van der Waals surface area contributed by atoms with E-state index in [0.717, 1.165) is 0 Å². The summed E-state index contributed by atoms with van der Waals surface area (Å²) in [5, 5.41) is 0.489. The maximum absolute atomic E-state index is 5.80. The molecule has 0 aliphatic carbocycles. The van der Waals surface area contributed by atoms with E-state index >= 15 is 0 Å². The summed E-state index contributed by atoms with van der Waals surface area (Å²) in [5.74, 6) is 0.614. The minimum atomic E-state index is -1.14. The molecule has 0 N–H and O–H groups in total. The average molecular weight is 269 g/mol. The maximum atomic E-state index is 5.80. The Balaban J connectivity index is 2.61. The molecular formula is C15H25ClSi. The third-order valence-corrected chi connectivity index (χ3v) is 10.1. The molecule has 0 saturated carbocycles. The highest BCUT2D eigenvalue weighted by Gasteiger charge is 2.34. The van der Waals surface area contributed by atoms with E-state index in [2.05, 4.69) is 58.1 Å². The molecule has 0 saturated heterocycles. The molecule has 0 nitrogen and oxygen atoms in total. The predicted molar refractivity (Wildman–Crippen MR) is 81.7 cm³/mol. The van der Waals surface area contributed by atoms with Gasteiger partial charge in [0, 0.05) is 5.88 Å². The Kier molecular flexibility index (Phi) is 4.85. The van der Waals surface area contributed by atoms with Crippen LogP contribution in [0.25, 0.3) is 0 Å². The molecule has 0 aromatic heterocycles. The van der Waals surface area contributed by atoms with Crippen molar-refractivity contribution < 1.29 is 0 Å². The third kappa shape index (κ3) is 4.15. The molecule has 0 radical (unpaired) electrons. The zero-order valence-electron chi connectivity index (χ0n) is 11.8. The molecule has 0 aliphatic heterocycles. The Morgan fingerprint density at radius 1 is 1.00 bits per heavy atom. The van der Waals surface area contributed by atoms with E-state index in [0.29, 0.717) is 10.9 Å². The van der Waals surface area contributed by atoms with Gasteiger partial charge in [-0.1, -0.05) is 64.2 Å². The number of hydrogen-bond donors (Lipinski definition) is 0. The Morgan fingerprint density at radius 3 is 1.88 bits per heavy atom. The van der Waals surface area contributed by atoms with Gasteiger partial charge in [-0.05, 0) is 22.6 Å². The van der Waals surface area contributed by atoms with Gasteiger partial charge in [0.2, 0.25) is 0 Å². The first-order valence-corrected chi connectivity index (χ1v) is 10.1. The van der Waals surface area contributed by atoms with Crippen LogP contribution in [0.15, 0.2) is 24.3 Å². The van der Waals surface area contributed by atoms with Gasteiger partial charge < -0.3 is 0 Å². The van der Waals surface area contributed by atoms with Crippen molar-refractivity contribution in [3.05, 3.63) is 35.4 Å². The number of benzene rings is 1. The van der Waals surface area contributed by atoms with E-state index in [1.807, 2.05) is 0 Å². The number of aryl methyl sites for hydroxylation is 1. The van der Waals surface area contributed by atoms with Crippen LogP contribution in [0.2, 0.25) is 24.2 Å². The number of alkyl halides is 1. The van der Waals surface area contributed by atoms with Crippen LogP contribution in [0.5, 0.6) is 0 Å². The second-order valence-corrected chi connectivity index (χ2v) is 12.6. The zero-order chi connectivity index (χ0) is 13.1. The molecule has 0 unspecified atom stereocenters. The van der Waals surface area contributed by atoms with Crippen molar-refractivity contribution in [3.8, 4) is 0 Å². The molecule has 0 fully saturated rings. The first kappa shape index (κ1) is 14.8. The predicted octanol–water partition coefficient (Wildman–Crippen LogP) is 5.48. The normalized spacial score (nSPS) is 12.8. The highest BCUT2D eigenvalue weighted by Crippen LogP contribution is 2.39. The number of halogens is 1. The van der Waals surface area contributed by atoms with Crippen LogP contribution < -0.4 is 0 Å². The first-order chi connectivity index (χ1) is 7.76. The van der Waals surface area contributed by atoms with Crippen molar-refractivity contribution in [1.82, 2.24) is 0 Å². The molecule has 0 amide bonds. The van der Waals surface area contributed by atoms with Gasteiger partial charge in [0.25, 0.3) is 0 Å². The van der Waals surface area contributed by atoms with Crippen molar-refractivity contribution in [3.63, 3.8) is 0 Å². The lowest BCUT2D eigenvalue weighted by Gasteiger charge is -2.37. The fourth-order valence-corrected chi connectivity index (χ4v) is 3.47. The third-order valence-electron chi connectivity index (χ3n) is 4.25. The fraction of sp³-hybridized carbons (Fsp3) is 0.600. The summed E-state index contributed by atoms with van der Waals surface area (Å²) in [7, 11) is -1.14. The van der Waals surface area contributed by atoms with Gasteiger partial charge in [0.1, 0.15) is 0 Å². The number of rotatable bonds is 4. The number of hydrogen-bond acceptors (Lipinski definition) is 0. The van der Waals surface area contributed by atoms with Crippen LogP contribution in [0, 0.1) is 0 Å².